The van der Waals surface area contributed by atoms with Gasteiger partial charge in [-0.15, -0.1) is 0 Å². The zero-order valence-corrected chi connectivity index (χ0v) is 15.9. The molecule has 0 bridgehead atoms. The number of carbonyl (C=O) groups excluding carboxylic acids is 1. The molecule has 0 radical (unpaired) electrons. The Morgan fingerprint density at radius 3 is 2.72 bits per heavy atom. The smallest absolute Gasteiger partial charge is 0.409 e. The molecule has 2 heterocycles. The van der Waals surface area contributed by atoms with E-state index >= 15 is 0 Å². The molecule has 1 N–H and O–H groups in total. The lowest BCUT2D eigenvalue weighted by atomic mass is 10.1. The van der Waals surface area contributed by atoms with Crippen molar-refractivity contribution in [3.8, 4) is 0 Å². The largest absolute Gasteiger partial charge is 0.450 e. The summed E-state index contributed by atoms with van der Waals surface area (Å²) in [5.41, 5.74) is 0. The summed E-state index contributed by atoms with van der Waals surface area (Å²) in [5, 5.41) is 3.51. The van der Waals surface area contributed by atoms with E-state index in [1.54, 1.807) is 4.90 Å². The molecule has 1 aliphatic rings. The van der Waals surface area contributed by atoms with Gasteiger partial charge in [0.2, 0.25) is 0 Å². The monoisotopic (exact) mass is 349 g/mol. The first-order chi connectivity index (χ1) is 12.0. The molecule has 1 fully saturated rings. The molecule has 7 nitrogen and oxygen atoms in total. The van der Waals surface area contributed by atoms with E-state index in [1.807, 2.05) is 19.9 Å². The summed E-state index contributed by atoms with van der Waals surface area (Å²) >= 11 is 0. The van der Waals surface area contributed by atoms with Crippen molar-refractivity contribution in [3.63, 3.8) is 0 Å². The van der Waals surface area contributed by atoms with Crippen LogP contribution in [-0.2, 0) is 4.74 Å². The molecule has 140 valence electrons. The number of anilines is 2. The van der Waals surface area contributed by atoms with Gasteiger partial charge in [-0.05, 0) is 33.1 Å². The predicted molar refractivity (Wildman–Crippen MR) is 100 cm³/mol. The van der Waals surface area contributed by atoms with Gasteiger partial charge in [-0.2, -0.15) is 0 Å². The van der Waals surface area contributed by atoms with Crippen LogP contribution in [0, 0.1) is 6.92 Å². The van der Waals surface area contributed by atoms with Gasteiger partial charge in [0.15, 0.2) is 0 Å². The fraction of sp³-hybridized carbons (Fsp3) is 0.722. The molecule has 1 saturated heterocycles. The van der Waals surface area contributed by atoms with E-state index in [-0.39, 0.29) is 6.09 Å². The van der Waals surface area contributed by atoms with E-state index in [4.69, 9.17) is 4.74 Å². The van der Waals surface area contributed by atoms with Gasteiger partial charge in [-0.1, -0.05) is 13.3 Å². The molecule has 0 unspecified atom stereocenters. The highest BCUT2D eigenvalue weighted by Gasteiger charge is 2.23. The molecule has 25 heavy (non-hydrogen) atoms. The molecule has 0 saturated carbocycles. The van der Waals surface area contributed by atoms with Crippen LogP contribution < -0.4 is 10.2 Å². The number of aryl methyl sites for hydroxylation is 1. The fourth-order valence-corrected chi connectivity index (χ4v) is 2.96. The second-order valence-electron chi connectivity index (χ2n) is 6.54. The number of ether oxygens (including phenoxy) is 1. The maximum atomic E-state index is 11.8. The second kappa shape index (κ2) is 9.44. The highest BCUT2D eigenvalue weighted by atomic mass is 16.6. The number of aromatic nitrogens is 2. The van der Waals surface area contributed by atoms with Crippen molar-refractivity contribution < 1.29 is 9.53 Å². The summed E-state index contributed by atoms with van der Waals surface area (Å²) in [5.74, 6) is 2.58. The first kappa shape index (κ1) is 19.3. The number of unbranched alkanes of at least 4 members (excludes halogenated alkanes) is 1. The normalized spacial score (nSPS) is 15.1. The molecule has 0 aliphatic carbocycles. The summed E-state index contributed by atoms with van der Waals surface area (Å²) in [6.07, 6.45) is 3.89. The van der Waals surface area contributed by atoms with E-state index in [9.17, 15) is 4.79 Å². The van der Waals surface area contributed by atoms with Crippen LogP contribution in [-0.4, -0.2) is 60.3 Å². The van der Waals surface area contributed by atoms with Crippen LogP contribution >= 0.6 is 0 Å². The highest BCUT2D eigenvalue weighted by Crippen LogP contribution is 2.19. The fourth-order valence-electron chi connectivity index (χ4n) is 2.96. The van der Waals surface area contributed by atoms with Gasteiger partial charge in [0.1, 0.15) is 17.5 Å². The van der Waals surface area contributed by atoms with E-state index < -0.39 is 0 Å². The van der Waals surface area contributed by atoms with Gasteiger partial charge in [-0.25, -0.2) is 14.8 Å². The molecule has 7 heteroatoms. The topological polar surface area (TPSA) is 70.6 Å². The van der Waals surface area contributed by atoms with Crippen LogP contribution in [0.15, 0.2) is 6.07 Å². The number of hydrogen-bond donors (Lipinski definition) is 1. The summed E-state index contributed by atoms with van der Waals surface area (Å²) in [6.45, 7) is 8.78. The molecular formula is C18H31N5O2. The van der Waals surface area contributed by atoms with E-state index in [0.29, 0.717) is 25.7 Å². The minimum atomic E-state index is -0.210. The van der Waals surface area contributed by atoms with Crippen molar-refractivity contribution in [2.24, 2.45) is 0 Å². The SMILES string of the molecule is CCCCN(C)c1cc(NC2CCN(C(=O)OCC)CC2)nc(C)n1. The molecule has 1 aliphatic heterocycles. The maximum absolute atomic E-state index is 11.8. The summed E-state index contributed by atoms with van der Waals surface area (Å²) in [4.78, 5) is 24.8. The minimum Gasteiger partial charge on any atom is -0.450 e. The van der Waals surface area contributed by atoms with Crippen molar-refractivity contribution in [2.45, 2.75) is 52.5 Å². The maximum Gasteiger partial charge on any atom is 0.409 e. The Labute approximate surface area is 150 Å². The van der Waals surface area contributed by atoms with Crippen LogP contribution in [0.5, 0.6) is 0 Å². The van der Waals surface area contributed by atoms with E-state index in [0.717, 1.165) is 43.3 Å². The first-order valence-electron chi connectivity index (χ1n) is 9.28. The molecule has 0 atom stereocenters. The predicted octanol–water partition coefficient (Wildman–Crippen LogP) is 3.05. The number of rotatable bonds is 7. The minimum absolute atomic E-state index is 0.210. The lowest BCUT2D eigenvalue weighted by Gasteiger charge is -2.32. The average molecular weight is 349 g/mol. The van der Waals surface area contributed by atoms with E-state index in [2.05, 4.69) is 34.2 Å². The quantitative estimate of drug-likeness (QED) is 0.816. The van der Waals surface area contributed by atoms with Crippen LogP contribution in [0.25, 0.3) is 0 Å². The van der Waals surface area contributed by atoms with Crippen LogP contribution in [0.1, 0.15) is 45.4 Å². The molecule has 2 rings (SSSR count). The van der Waals surface area contributed by atoms with Crippen LogP contribution in [0.2, 0.25) is 0 Å². The van der Waals surface area contributed by atoms with Crippen molar-refractivity contribution in [1.29, 1.82) is 0 Å². The Kier molecular flexibility index (Phi) is 7.28. The van der Waals surface area contributed by atoms with E-state index in [1.165, 1.54) is 6.42 Å². The zero-order chi connectivity index (χ0) is 18.2. The van der Waals surface area contributed by atoms with Crippen LogP contribution in [0.4, 0.5) is 16.4 Å². The molecule has 0 aromatic carbocycles. The third kappa shape index (κ3) is 5.76. The van der Waals surface area contributed by atoms with Crippen LogP contribution in [0.3, 0.4) is 0 Å². The molecule has 1 aromatic rings. The van der Waals surface area contributed by atoms with Crippen molar-refractivity contribution in [1.82, 2.24) is 14.9 Å². The van der Waals surface area contributed by atoms with Gasteiger partial charge < -0.3 is 19.9 Å². The summed E-state index contributed by atoms with van der Waals surface area (Å²) < 4.78 is 5.07. The average Bonchev–Trinajstić information content (AvgIpc) is 2.60. The standard InChI is InChI=1S/C18H31N5O2/c1-5-7-10-22(4)17-13-16(19-14(3)20-17)21-15-8-11-23(12-9-15)18(24)25-6-2/h13,15H,5-12H2,1-4H3,(H,19,20,21). The van der Waals surface area contributed by atoms with Gasteiger partial charge in [0, 0.05) is 38.8 Å². The Bertz CT molecular complexity index is 558. The Hall–Kier alpha value is -2.05. The lowest BCUT2D eigenvalue weighted by Crippen LogP contribution is -2.42. The van der Waals surface area contributed by atoms with Gasteiger partial charge >= 0.3 is 6.09 Å². The zero-order valence-electron chi connectivity index (χ0n) is 15.9. The Morgan fingerprint density at radius 2 is 2.08 bits per heavy atom. The second-order valence-corrected chi connectivity index (χ2v) is 6.54. The number of hydrogen-bond acceptors (Lipinski definition) is 6. The molecule has 1 amide bonds. The summed E-state index contributed by atoms with van der Waals surface area (Å²) in [6, 6.07) is 2.33. The number of carbonyl (C=O) groups is 1. The van der Waals surface area contributed by atoms with Gasteiger partial charge in [-0.3, -0.25) is 0 Å². The highest BCUT2D eigenvalue weighted by molar-refractivity contribution is 5.67. The van der Waals surface area contributed by atoms with Crippen molar-refractivity contribution >= 4 is 17.7 Å². The molecule has 0 spiro atoms. The molecular weight excluding hydrogens is 318 g/mol. The number of piperidine rings is 1. The number of nitrogens with one attached hydrogen (secondary N) is 1. The molecule has 1 aromatic heterocycles. The van der Waals surface area contributed by atoms with Gasteiger partial charge in [0.05, 0.1) is 6.61 Å². The van der Waals surface area contributed by atoms with Crippen molar-refractivity contribution in [2.75, 3.05) is 43.5 Å². The van der Waals surface area contributed by atoms with Gasteiger partial charge in [0.25, 0.3) is 0 Å². The third-order valence-corrected chi connectivity index (χ3v) is 4.44. The van der Waals surface area contributed by atoms with Crippen molar-refractivity contribution in [3.05, 3.63) is 11.9 Å². The number of likely N-dealkylation sites (tertiary alicyclic amines) is 1. The number of nitrogens with zero attached hydrogens (tertiary/aromatic N) is 4. The first-order valence-corrected chi connectivity index (χ1v) is 9.28. The lowest BCUT2D eigenvalue weighted by molar-refractivity contribution is 0.0983. The Balaban J connectivity index is 1.92. The Morgan fingerprint density at radius 1 is 1.36 bits per heavy atom. The third-order valence-electron chi connectivity index (χ3n) is 4.44. The number of amides is 1. The summed E-state index contributed by atoms with van der Waals surface area (Å²) in [7, 11) is 2.07.